The van der Waals surface area contributed by atoms with Gasteiger partial charge in [0.05, 0.1) is 6.10 Å². The Bertz CT molecular complexity index is 558. The maximum absolute atomic E-state index is 12.5. The van der Waals surface area contributed by atoms with E-state index >= 15 is 0 Å². The van der Waals surface area contributed by atoms with Gasteiger partial charge < -0.3 is 15.0 Å². The Morgan fingerprint density at radius 3 is 2.22 bits per heavy atom. The first-order chi connectivity index (χ1) is 10.8. The molecule has 0 saturated carbocycles. The number of rotatable bonds is 5. The Morgan fingerprint density at radius 2 is 1.70 bits per heavy atom. The van der Waals surface area contributed by atoms with Gasteiger partial charge in [0.25, 0.3) is 0 Å². The lowest BCUT2D eigenvalue weighted by Gasteiger charge is -2.28. The highest BCUT2D eigenvalue weighted by atomic mass is 16.5. The maximum atomic E-state index is 12.5. The summed E-state index contributed by atoms with van der Waals surface area (Å²) in [7, 11) is 0. The van der Waals surface area contributed by atoms with Crippen LogP contribution in [0, 0.1) is 5.41 Å². The van der Waals surface area contributed by atoms with Gasteiger partial charge in [-0.25, -0.2) is 0 Å². The highest BCUT2D eigenvalue weighted by Crippen LogP contribution is 2.25. The van der Waals surface area contributed by atoms with Gasteiger partial charge in [0.15, 0.2) is 0 Å². The number of anilines is 1. The number of amides is 2. The molecule has 1 saturated heterocycles. The van der Waals surface area contributed by atoms with Gasteiger partial charge in [0, 0.05) is 18.8 Å². The molecular formula is C18H26N2O3. The normalized spacial score (nSPS) is 14.9. The lowest BCUT2D eigenvalue weighted by molar-refractivity contribution is -0.145. The predicted molar refractivity (Wildman–Crippen MR) is 90.4 cm³/mol. The van der Waals surface area contributed by atoms with Crippen molar-refractivity contribution in [3.63, 3.8) is 0 Å². The zero-order valence-electron chi connectivity index (χ0n) is 14.4. The summed E-state index contributed by atoms with van der Waals surface area (Å²) >= 11 is 0. The molecule has 1 aromatic rings. The Morgan fingerprint density at radius 1 is 1.13 bits per heavy atom. The summed E-state index contributed by atoms with van der Waals surface area (Å²) in [6, 6.07) is 7.19. The third-order valence-electron chi connectivity index (χ3n) is 3.98. The molecule has 1 aliphatic rings. The molecule has 1 N–H and O–H groups in total. The fraction of sp³-hybridized carbons (Fsp3) is 0.556. The lowest BCUT2D eigenvalue weighted by atomic mass is 9.90. The quantitative estimate of drug-likeness (QED) is 0.849. The molecule has 2 rings (SSSR count). The third-order valence-corrected chi connectivity index (χ3v) is 3.98. The van der Waals surface area contributed by atoms with E-state index in [1.54, 1.807) is 30.9 Å². The molecule has 0 spiro atoms. The number of benzene rings is 1. The summed E-state index contributed by atoms with van der Waals surface area (Å²) in [4.78, 5) is 26.8. The average Bonchev–Trinajstić information content (AvgIpc) is 3.02. The van der Waals surface area contributed by atoms with Crippen LogP contribution in [0.3, 0.4) is 0 Å². The molecule has 1 aromatic carbocycles. The van der Waals surface area contributed by atoms with Crippen LogP contribution in [0.5, 0.6) is 5.75 Å². The van der Waals surface area contributed by atoms with E-state index in [1.807, 2.05) is 26.0 Å². The van der Waals surface area contributed by atoms with Crippen molar-refractivity contribution in [1.29, 1.82) is 0 Å². The van der Waals surface area contributed by atoms with Gasteiger partial charge in [-0.3, -0.25) is 9.59 Å². The minimum absolute atomic E-state index is 0.104. The Labute approximate surface area is 138 Å². The zero-order valence-corrected chi connectivity index (χ0v) is 14.4. The molecule has 0 aromatic heterocycles. The second kappa shape index (κ2) is 7.02. The van der Waals surface area contributed by atoms with Gasteiger partial charge in [-0.15, -0.1) is 0 Å². The third kappa shape index (κ3) is 4.24. The van der Waals surface area contributed by atoms with Gasteiger partial charge in [-0.2, -0.15) is 0 Å². The number of nitrogens with one attached hydrogen (secondary N) is 1. The molecule has 0 bridgehead atoms. The molecule has 0 aliphatic carbocycles. The van der Waals surface area contributed by atoms with Crippen molar-refractivity contribution in [3.05, 3.63) is 24.3 Å². The Hall–Kier alpha value is -2.04. The largest absolute Gasteiger partial charge is 0.491 e. The monoisotopic (exact) mass is 318 g/mol. The molecule has 126 valence electrons. The van der Waals surface area contributed by atoms with Crippen molar-refractivity contribution in [2.45, 2.75) is 46.6 Å². The number of hydrogen-bond acceptors (Lipinski definition) is 3. The highest BCUT2D eigenvalue weighted by Gasteiger charge is 2.39. The first-order valence-electron chi connectivity index (χ1n) is 8.18. The van der Waals surface area contributed by atoms with Crippen LogP contribution in [-0.2, 0) is 9.59 Å². The predicted octanol–water partition coefficient (Wildman–Crippen LogP) is 3.06. The van der Waals surface area contributed by atoms with Gasteiger partial charge in [0.1, 0.15) is 11.2 Å². The molecule has 5 nitrogen and oxygen atoms in total. The summed E-state index contributed by atoms with van der Waals surface area (Å²) in [5, 5.41) is 2.83. The van der Waals surface area contributed by atoms with E-state index in [2.05, 4.69) is 5.32 Å². The van der Waals surface area contributed by atoms with E-state index in [4.69, 9.17) is 4.74 Å². The minimum atomic E-state index is -1.07. The van der Waals surface area contributed by atoms with Gasteiger partial charge in [-0.05, 0) is 64.8 Å². The average molecular weight is 318 g/mol. The van der Waals surface area contributed by atoms with Crippen molar-refractivity contribution in [1.82, 2.24) is 4.90 Å². The first kappa shape index (κ1) is 17.3. The standard InChI is InChI=1S/C18H26N2O3/c1-13(2)23-15-9-7-14(8-10-15)19-16(21)18(3,4)17(22)20-11-5-6-12-20/h7-10,13H,5-6,11-12H2,1-4H3,(H,19,21). The lowest BCUT2D eigenvalue weighted by Crippen LogP contribution is -2.46. The second-order valence-corrected chi connectivity index (χ2v) is 6.77. The number of likely N-dealkylation sites (tertiary alicyclic amines) is 1. The molecule has 2 amide bonds. The second-order valence-electron chi connectivity index (χ2n) is 6.77. The van der Waals surface area contributed by atoms with E-state index in [0.717, 1.165) is 31.7 Å². The van der Waals surface area contributed by atoms with Crippen molar-refractivity contribution in [3.8, 4) is 5.75 Å². The Balaban J connectivity index is 2.00. The smallest absolute Gasteiger partial charge is 0.239 e. The Kier molecular flexibility index (Phi) is 5.29. The molecule has 1 heterocycles. The minimum Gasteiger partial charge on any atom is -0.491 e. The molecule has 0 radical (unpaired) electrons. The zero-order chi connectivity index (χ0) is 17.0. The summed E-state index contributed by atoms with van der Waals surface area (Å²) in [6.07, 6.45) is 2.13. The van der Waals surface area contributed by atoms with Crippen molar-refractivity contribution >= 4 is 17.5 Å². The molecular weight excluding hydrogens is 292 g/mol. The van der Waals surface area contributed by atoms with Crippen LogP contribution in [0.15, 0.2) is 24.3 Å². The van der Waals surface area contributed by atoms with Crippen LogP contribution in [0.1, 0.15) is 40.5 Å². The first-order valence-corrected chi connectivity index (χ1v) is 8.18. The van der Waals surface area contributed by atoms with Crippen molar-refractivity contribution < 1.29 is 14.3 Å². The van der Waals surface area contributed by atoms with E-state index in [9.17, 15) is 9.59 Å². The number of carbonyl (C=O) groups excluding carboxylic acids is 2. The molecule has 1 aliphatic heterocycles. The highest BCUT2D eigenvalue weighted by molar-refractivity contribution is 6.09. The molecule has 1 fully saturated rings. The molecule has 0 atom stereocenters. The van der Waals surface area contributed by atoms with Crippen LogP contribution >= 0.6 is 0 Å². The van der Waals surface area contributed by atoms with Gasteiger partial charge in [-0.1, -0.05) is 0 Å². The summed E-state index contributed by atoms with van der Waals surface area (Å²) in [5.41, 5.74) is -0.411. The maximum Gasteiger partial charge on any atom is 0.239 e. The van der Waals surface area contributed by atoms with E-state index < -0.39 is 5.41 Å². The summed E-state index contributed by atoms with van der Waals surface area (Å²) < 4.78 is 5.57. The molecule has 0 unspecified atom stereocenters. The van der Waals surface area contributed by atoms with Crippen LogP contribution in [0.25, 0.3) is 0 Å². The van der Waals surface area contributed by atoms with E-state index in [-0.39, 0.29) is 17.9 Å². The van der Waals surface area contributed by atoms with Crippen LogP contribution in [0.4, 0.5) is 5.69 Å². The molecule has 5 heteroatoms. The van der Waals surface area contributed by atoms with Crippen LogP contribution in [-0.4, -0.2) is 35.9 Å². The van der Waals surface area contributed by atoms with E-state index in [1.165, 1.54) is 0 Å². The fourth-order valence-corrected chi connectivity index (χ4v) is 2.59. The number of hydrogen-bond donors (Lipinski definition) is 1. The van der Waals surface area contributed by atoms with Crippen molar-refractivity contribution in [2.24, 2.45) is 5.41 Å². The number of nitrogens with zero attached hydrogens (tertiary/aromatic N) is 1. The number of carbonyl (C=O) groups is 2. The summed E-state index contributed by atoms with van der Waals surface area (Å²) in [5.74, 6) is 0.365. The van der Waals surface area contributed by atoms with Gasteiger partial charge in [0.2, 0.25) is 11.8 Å². The van der Waals surface area contributed by atoms with Gasteiger partial charge >= 0.3 is 0 Å². The fourth-order valence-electron chi connectivity index (χ4n) is 2.59. The molecule has 23 heavy (non-hydrogen) atoms. The summed E-state index contributed by atoms with van der Waals surface area (Å²) in [6.45, 7) is 8.77. The van der Waals surface area contributed by atoms with E-state index in [0.29, 0.717) is 5.69 Å². The number of ether oxygens (including phenoxy) is 1. The SMILES string of the molecule is CC(C)Oc1ccc(NC(=O)C(C)(C)C(=O)N2CCCC2)cc1. The topological polar surface area (TPSA) is 58.6 Å². The van der Waals surface area contributed by atoms with Crippen LogP contribution in [0.2, 0.25) is 0 Å². The van der Waals surface area contributed by atoms with Crippen LogP contribution < -0.4 is 10.1 Å². The van der Waals surface area contributed by atoms with Crippen molar-refractivity contribution in [2.75, 3.05) is 18.4 Å².